The van der Waals surface area contributed by atoms with Crippen LogP contribution in [0.15, 0.2) is 45.5 Å². The first-order chi connectivity index (χ1) is 18.1. The number of nitrogens with zero attached hydrogens (tertiary/aromatic N) is 4. The van der Waals surface area contributed by atoms with Crippen LogP contribution in [0, 0.1) is 0 Å². The van der Waals surface area contributed by atoms with E-state index in [1.165, 1.54) is 13.2 Å². The average Bonchev–Trinajstić information content (AvgIpc) is 3.29. The van der Waals surface area contributed by atoms with E-state index in [0.717, 1.165) is 32.4 Å². The van der Waals surface area contributed by atoms with Crippen molar-refractivity contribution >= 4 is 24.1 Å². The number of carbonyl (C=O) groups is 1. The summed E-state index contributed by atoms with van der Waals surface area (Å²) in [5, 5.41) is 15.3. The first-order valence-electron chi connectivity index (χ1n) is 12.5. The summed E-state index contributed by atoms with van der Waals surface area (Å²) in [6, 6.07) is 4.76. The third-order valence-corrected chi connectivity index (χ3v) is 6.66. The number of halogens is 3. The molecule has 0 atom stereocenters. The lowest BCUT2D eigenvalue weighted by atomic mass is 10.1. The van der Waals surface area contributed by atoms with Gasteiger partial charge < -0.3 is 29.7 Å². The number of alkyl halides is 3. The van der Waals surface area contributed by atoms with E-state index in [1.54, 1.807) is 23.1 Å². The molecule has 0 spiro atoms. The summed E-state index contributed by atoms with van der Waals surface area (Å²) in [6.07, 6.45) is 0.316. The fraction of sp³-hybridized carbons (Fsp3) is 0.500. The van der Waals surface area contributed by atoms with Gasteiger partial charge in [-0.3, -0.25) is 9.79 Å². The summed E-state index contributed by atoms with van der Waals surface area (Å²) in [7, 11) is 3.47. The summed E-state index contributed by atoms with van der Waals surface area (Å²) < 4.78 is 51.5. The lowest BCUT2D eigenvalue weighted by Crippen LogP contribution is -2.33. The molecule has 0 saturated carbocycles. The van der Waals surface area contributed by atoms with Crippen LogP contribution < -0.4 is 15.2 Å². The predicted octanol–water partition coefficient (Wildman–Crippen LogP) is 2.28. The van der Waals surface area contributed by atoms with Gasteiger partial charge in [-0.05, 0) is 63.0 Å². The largest absolute Gasteiger partial charge is 0.858 e. The number of allylic oxidation sites excluding steroid dienone is 1. The molecule has 206 valence electrons. The molecule has 1 N–H and O–H groups in total. The Kier molecular flexibility index (Phi) is 8.60. The van der Waals surface area contributed by atoms with Crippen LogP contribution in [-0.2, 0) is 9.53 Å². The number of rotatable bonds is 8. The standard InChI is InChI=1S/C26H32F3N5O4/c1-33-10-7-19(8-11-33)31-24(36)18-6-5-17(21(14-18)37-2)15-22-30-16-20(26(27,28)29)25(32-22)38-13-12-34-9-3-4-23(34)35/h5-6,14-16,19,32H,3-4,7-13H2,1-2H3,(H,31,36)/p-1. The van der Waals surface area contributed by atoms with Crippen molar-refractivity contribution < 1.29 is 32.5 Å². The third-order valence-electron chi connectivity index (χ3n) is 6.66. The minimum atomic E-state index is -4.68. The maximum atomic E-state index is 13.5. The van der Waals surface area contributed by atoms with Crippen LogP contribution in [0.2, 0.25) is 0 Å². The topological polar surface area (TPSA) is 102 Å². The Bertz CT molecular complexity index is 1150. The van der Waals surface area contributed by atoms with Crippen molar-refractivity contribution in [3.8, 4) is 5.75 Å². The molecule has 2 saturated heterocycles. The predicted molar refractivity (Wildman–Crippen MR) is 135 cm³/mol. The second-order valence-corrected chi connectivity index (χ2v) is 9.41. The van der Waals surface area contributed by atoms with Crippen LogP contribution in [0.1, 0.15) is 36.8 Å². The minimum Gasteiger partial charge on any atom is -0.858 e. The summed E-state index contributed by atoms with van der Waals surface area (Å²) >= 11 is 0. The number of nitrogens with one attached hydrogen (secondary N) is 1. The van der Waals surface area contributed by atoms with Gasteiger partial charge in [-0.2, -0.15) is 13.2 Å². The molecule has 3 heterocycles. The molecule has 0 aliphatic carbocycles. The quantitative estimate of drug-likeness (QED) is 0.406. The number of likely N-dealkylation sites (tertiary alicyclic amines) is 2. The molecule has 1 aromatic carbocycles. The highest BCUT2D eigenvalue weighted by molar-refractivity contribution is 5.92. The van der Waals surface area contributed by atoms with E-state index < -0.39 is 17.6 Å². The van der Waals surface area contributed by atoms with E-state index in [9.17, 15) is 23.1 Å². The number of methoxy groups -OCH3 is 1. The summed E-state index contributed by atoms with van der Waals surface area (Å²) in [5.41, 5.74) is -0.186. The van der Waals surface area contributed by atoms with Gasteiger partial charge in [0, 0.05) is 24.7 Å². The Labute approximate surface area is 219 Å². The van der Waals surface area contributed by atoms with Gasteiger partial charge >= 0.3 is 6.18 Å². The zero-order valence-electron chi connectivity index (χ0n) is 21.4. The Morgan fingerprint density at radius 2 is 2.05 bits per heavy atom. The minimum absolute atomic E-state index is 0.0242. The Hall–Kier alpha value is -3.54. The number of hydrogen-bond acceptors (Lipinski definition) is 8. The van der Waals surface area contributed by atoms with E-state index in [-0.39, 0.29) is 36.8 Å². The molecule has 0 aromatic heterocycles. The van der Waals surface area contributed by atoms with Crippen LogP contribution >= 0.6 is 0 Å². The normalized spacial score (nSPS) is 20.9. The number of piperidine rings is 1. The van der Waals surface area contributed by atoms with E-state index in [1.807, 2.05) is 7.05 Å². The highest BCUT2D eigenvalue weighted by Crippen LogP contribution is 2.30. The van der Waals surface area contributed by atoms with Crippen molar-refractivity contribution in [2.45, 2.75) is 37.9 Å². The zero-order valence-corrected chi connectivity index (χ0v) is 21.4. The van der Waals surface area contributed by atoms with Crippen LogP contribution in [0.3, 0.4) is 0 Å². The lowest BCUT2D eigenvalue weighted by Gasteiger charge is -2.28. The third kappa shape index (κ3) is 6.85. The monoisotopic (exact) mass is 534 g/mol. The number of carbonyl (C=O) groups excluding carboxylic acids is 1. The summed E-state index contributed by atoms with van der Waals surface area (Å²) in [6.45, 7) is 2.43. The Morgan fingerprint density at radius 3 is 2.71 bits per heavy atom. The second-order valence-electron chi connectivity index (χ2n) is 9.41. The molecule has 1 aromatic rings. The number of benzene rings is 1. The molecule has 4 rings (SSSR count). The maximum Gasteiger partial charge on any atom is 0.423 e. The second kappa shape index (κ2) is 11.9. The van der Waals surface area contributed by atoms with Gasteiger partial charge in [-0.25, -0.2) is 4.99 Å². The van der Waals surface area contributed by atoms with Gasteiger partial charge in [0.25, 0.3) is 0 Å². The van der Waals surface area contributed by atoms with E-state index >= 15 is 0 Å². The molecule has 1 amide bonds. The molecular formula is C26H31F3N5O4-. The van der Waals surface area contributed by atoms with Crippen LogP contribution in [0.4, 0.5) is 13.2 Å². The first-order valence-corrected chi connectivity index (χ1v) is 12.5. The molecule has 12 heteroatoms. The molecule has 0 radical (unpaired) electrons. The lowest BCUT2D eigenvalue weighted by molar-refractivity contribution is -0.213. The van der Waals surface area contributed by atoms with Gasteiger partial charge in [-0.1, -0.05) is 12.1 Å². The van der Waals surface area contributed by atoms with Crippen LogP contribution in [0.5, 0.6) is 5.75 Å². The summed E-state index contributed by atoms with van der Waals surface area (Å²) in [4.78, 5) is 23.8. The van der Waals surface area contributed by atoms with Crippen molar-refractivity contribution in [3.63, 3.8) is 0 Å². The maximum absolute atomic E-state index is 13.5. The molecule has 2 fully saturated rings. The number of aliphatic imine (C=N–C) groups is 2. The molecule has 38 heavy (non-hydrogen) atoms. The van der Waals surface area contributed by atoms with Gasteiger partial charge in [0.15, 0.2) is 0 Å². The van der Waals surface area contributed by atoms with Gasteiger partial charge in [-0.15, -0.1) is 0 Å². The average molecular weight is 535 g/mol. The van der Waals surface area contributed by atoms with Crippen molar-refractivity contribution in [1.29, 1.82) is 0 Å². The van der Waals surface area contributed by atoms with Crippen LogP contribution in [0.25, 0.3) is 6.08 Å². The van der Waals surface area contributed by atoms with Crippen molar-refractivity contribution in [2.24, 2.45) is 9.98 Å². The van der Waals surface area contributed by atoms with E-state index in [4.69, 9.17) is 9.47 Å². The first kappa shape index (κ1) is 27.5. The zero-order chi connectivity index (χ0) is 27.3. The van der Waals surface area contributed by atoms with E-state index in [0.29, 0.717) is 36.1 Å². The molecule has 3 aliphatic heterocycles. The molecule has 9 nitrogen and oxygen atoms in total. The highest BCUT2D eigenvalue weighted by Gasteiger charge is 2.38. The Morgan fingerprint density at radius 1 is 1.29 bits per heavy atom. The molecule has 3 aliphatic rings. The Balaban J connectivity index is 1.48. The van der Waals surface area contributed by atoms with Crippen molar-refractivity contribution in [1.82, 2.24) is 15.1 Å². The van der Waals surface area contributed by atoms with Crippen molar-refractivity contribution in [2.75, 3.05) is 46.9 Å². The van der Waals surface area contributed by atoms with E-state index in [2.05, 4.69) is 20.2 Å². The van der Waals surface area contributed by atoms with Gasteiger partial charge in [0.1, 0.15) is 23.8 Å². The number of amides is 1. The van der Waals surface area contributed by atoms with Gasteiger partial charge in [0.05, 0.1) is 19.7 Å². The van der Waals surface area contributed by atoms with Crippen molar-refractivity contribution in [3.05, 3.63) is 46.6 Å². The van der Waals surface area contributed by atoms with Gasteiger partial charge in [0.2, 0.25) is 11.8 Å². The summed E-state index contributed by atoms with van der Waals surface area (Å²) in [5.74, 6) is -0.424. The van der Waals surface area contributed by atoms with Crippen LogP contribution in [-0.4, -0.2) is 87.0 Å². The fourth-order valence-electron chi connectivity index (χ4n) is 4.47. The number of ether oxygens (including phenoxy) is 2. The SMILES string of the molecule is COc1cc(C([O-])=NC2CCN(C)CC2)ccc1C=C1N=CC(C(F)(F)F)=C(OCCN2CCCC2=O)N1. The molecule has 0 unspecified atom stereocenters. The molecular weight excluding hydrogens is 503 g/mol. The highest BCUT2D eigenvalue weighted by atomic mass is 19.4. The number of hydrogen-bond donors (Lipinski definition) is 1. The smallest absolute Gasteiger partial charge is 0.423 e. The molecule has 0 bridgehead atoms. The fourth-order valence-corrected chi connectivity index (χ4v) is 4.47.